The van der Waals surface area contributed by atoms with E-state index in [1.165, 1.54) is 22.9 Å². The largest absolute Gasteiger partial charge is 0.394 e. The number of aliphatic hydroxyl groups is 1. The summed E-state index contributed by atoms with van der Waals surface area (Å²) >= 11 is 0. The molecule has 0 radical (unpaired) electrons. The second-order valence-electron chi connectivity index (χ2n) is 6.27. The van der Waals surface area contributed by atoms with Crippen molar-refractivity contribution < 1.29 is 23.6 Å². The van der Waals surface area contributed by atoms with Gasteiger partial charge in [-0.1, -0.05) is 19.1 Å². The van der Waals surface area contributed by atoms with Crippen molar-refractivity contribution in [3.63, 3.8) is 0 Å². The highest BCUT2D eigenvalue weighted by Crippen LogP contribution is 2.37. The molecule has 2 heterocycles. The number of carbonyl (C=O) groups excluding carboxylic acids is 1. The van der Waals surface area contributed by atoms with Crippen molar-refractivity contribution in [2.75, 3.05) is 6.61 Å². The lowest BCUT2D eigenvalue weighted by Gasteiger charge is -2.24. The highest BCUT2D eigenvalue weighted by Gasteiger charge is 2.23. The molecule has 6 nitrogen and oxygen atoms in total. The molecule has 1 aliphatic rings. The van der Waals surface area contributed by atoms with Crippen molar-refractivity contribution >= 4 is 27.8 Å². The molecule has 138 valence electrons. The fourth-order valence-electron chi connectivity index (χ4n) is 3.08. The average Bonchev–Trinajstić information content (AvgIpc) is 3.27. The van der Waals surface area contributed by atoms with Gasteiger partial charge in [-0.3, -0.25) is 9.48 Å². The fraction of sp³-hybridized carbons (Fsp3) is 0.500. The zero-order chi connectivity index (χ0) is 27.2. The van der Waals surface area contributed by atoms with E-state index >= 15 is 0 Å². The summed E-state index contributed by atoms with van der Waals surface area (Å²) in [6.45, 7) is 1.33. The molecule has 6 heteroatoms. The Labute approximate surface area is 166 Å². The summed E-state index contributed by atoms with van der Waals surface area (Å²) < 4.78 is 86.2. The van der Waals surface area contributed by atoms with Gasteiger partial charge < -0.3 is 15.0 Å². The standard InChI is InChI=1S/C20H26N4O2/c1-13(12-25)21-20(26)14-8-9-18-16(10-14)17-11-23(2)22-19(17)24(18)15-6-4-3-5-7-15/h8-11,13,15,25H,3-7,12H2,1-2H3,(H,21,26)/t13-/m1/s1/i3D2,4D2,5D2,6D2,7D2. The van der Waals surface area contributed by atoms with Crippen LogP contribution in [0, 0.1) is 0 Å². The second kappa shape index (κ2) is 6.76. The molecule has 0 spiro atoms. The van der Waals surface area contributed by atoms with E-state index in [0.29, 0.717) is 10.8 Å². The molecule has 1 atom stereocenters. The Balaban J connectivity index is 2.04. The van der Waals surface area contributed by atoms with Crippen LogP contribution in [0.25, 0.3) is 21.9 Å². The van der Waals surface area contributed by atoms with Gasteiger partial charge in [0.05, 0.1) is 12.1 Å². The third kappa shape index (κ3) is 2.88. The number of rotatable bonds is 4. The van der Waals surface area contributed by atoms with E-state index in [2.05, 4.69) is 10.4 Å². The molecule has 1 fully saturated rings. The Kier molecular flexibility index (Phi) is 2.35. The van der Waals surface area contributed by atoms with E-state index in [0.717, 1.165) is 4.57 Å². The molecule has 1 aliphatic carbocycles. The molecule has 1 aromatic carbocycles. The van der Waals surface area contributed by atoms with Crippen molar-refractivity contribution in [3.8, 4) is 0 Å². The Morgan fingerprint density at radius 3 is 2.88 bits per heavy atom. The Hall–Kier alpha value is -2.34. The average molecular weight is 365 g/mol. The molecule has 4 rings (SSSR count). The van der Waals surface area contributed by atoms with Gasteiger partial charge in [0.2, 0.25) is 0 Å². The van der Waals surface area contributed by atoms with Crippen LogP contribution in [-0.2, 0) is 7.05 Å². The predicted molar refractivity (Wildman–Crippen MR) is 102 cm³/mol. The lowest BCUT2D eigenvalue weighted by atomic mass is 9.95. The van der Waals surface area contributed by atoms with Crippen LogP contribution in [-0.4, -0.2) is 38.0 Å². The third-order valence-electron chi connectivity index (χ3n) is 4.30. The van der Waals surface area contributed by atoms with Gasteiger partial charge in [-0.05, 0) is 37.9 Å². The summed E-state index contributed by atoms with van der Waals surface area (Å²) in [4.78, 5) is 12.6. The molecule has 0 unspecified atom stereocenters. The molecule has 26 heavy (non-hydrogen) atoms. The normalized spacial score (nSPS) is 32.4. The first-order valence-electron chi connectivity index (χ1n) is 13.2. The van der Waals surface area contributed by atoms with Gasteiger partial charge in [-0.2, -0.15) is 5.10 Å². The van der Waals surface area contributed by atoms with Crippen LogP contribution in [0.15, 0.2) is 24.4 Å². The Morgan fingerprint density at radius 1 is 1.38 bits per heavy atom. The van der Waals surface area contributed by atoms with Gasteiger partial charge in [0, 0.05) is 55.4 Å². The Morgan fingerprint density at radius 2 is 2.15 bits per heavy atom. The van der Waals surface area contributed by atoms with E-state index in [4.69, 9.17) is 13.7 Å². The van der Waals surface area contributed by atoms with Crippen LogP contribution in [0.2, 0.25) is 0 Å². The van der Waals surface area contributed by atoms with Crippen LogP contribution >= 0.6 is 0 Å². The maximum Gasteiger partial charge on any atom is 0.251 e. The van der Waals surface area contributed by atoms with Gasteiger partial charge >= 0.3 is 0 Å². The van der Waals surface area contributed by atoms with Crippen molar-refractivity contribution in [2.24, 2.45) is 7.05 Å². The van der Waals surface area contributed by atoms with Crippen LogP contribution in [0.4, 0.5) is 0 Å². The van der Waals surface area contributed by atoms with Crippen molar-refractivity contribution in [3.05, 3.63) is 30.0 Å². The highest BCUT2D eigenvalue weighted by molar-refractivity contribution is 6.09. The highest BCUT2D eigenvalue weighted by atomic mass is 16.3. The molecule has 1 saturated carbocycles. The van der Waals surface area contributed by atoms with Crippen LogP contribution in [0.3, 0.4) is 0 Å². The number of carbonyl (C=O) groups is 1. The van der Waals surface area contributed by atoms with E-state index < -0.39 is 49.9 Å². The van der Waals surface area contributed by atoms with Crippen LogP contribution in [0.1, 0.15) is 68.9 Å². The maximum absolute atomic E-state index is 12.6. The first kappa shape index (κ1) is 9.04. The number of aromatic nitrogens is 3. The molecular formula is C20H26N4O2. The van der Waals surface area contributed by atoms with E-state index in [9.17, 15) is 9.90 Å². The summed E-state index contributed by atoms with van der Waals surface area (Å²) in [6.07, 6.45) is -15.3. The molecule has 0 saturated heterocycles. The van der Waals surface area contributed by atoms with Crippen molar-refractivity contribution in [1.29, 1.82) is 0 Å². The number of aryl methyl sites for hydroxylation is 1. The Bertz CT molecular complexity index is 1330. The molecular weight excluding hydrogens is 328 g/mol. The molecule has 1 amide bonds. The first-order valence-corrected chi connectivity index (χ1v) is 8.23. The number of hydrogen-bond acceptors (Lipinski definition) is 3. The number of aliphatic hydroxyl groups excluding tert-OH is 1. The minimum Gasteiger partial charge on any atom is -0.394 e. The van der Waals surface area contributed by atoms with Crippen molar-refractivity contribution in [2.45, 2.75) is 50.9 Å². The number of fused-ring (bicyclic) bond motifs is 3. The van der Waals surface area contributed by atoms with Gasteiger partial charge in [0.15, 0.2) is 5.65 Å². The SMILES string of the molecule is [2H]C1([2H])C(n2c3ccc(C(=O)N[C@H](C)CO)cc3c3cn(C)nc32)C([2H])([2H])C([2H])([2H])C([2H])([2H])C1([2H])[2H]. The van der Waals surface area contributed by atoms with Crippen LogP contribution in [0.5, 0.6) is 0 Å². The van der Waals surface area contributed by atoms with E-state index in [-0.39, 0.29) is 23.3 Å². The second-order valence-corrected chi connectivity index (χ2v) is 6.27. The quantitative estimate of drug-likeness (QED) is 0.747. The van der Waals surface area contributed by atoms with Gasteiger partial charge in [0.1, 0.15) is 0 Å². The summed E-state index contributed by atoms with van der Waals surface area (Å²) in [5.41, 5.74) is 0.398. The molecule has 2 N–H and O–H groups in total. The molecule has 3 aromatic rings. The topological polar surface area (TPSA) is 72.1 Å². The predicted octanol–water partition coefficient (Wildman–Crippen LogP) is 3.14. The van der Waals surface area contributed by atoms with E-state index in [1.54, 1.807) is 20.2 Å². The summed E-state index contributed by atoms with van der Waals surface area (Å²) in [7, 11) is 1.57. The summed E-state index contributed by atoms with van der Waals surface area (Å²) in [5.74, 6) is -0.493. The molecule has 2 aromatic heterocycles. The van der Waals surface area contributed by atoms with Crippen molar-refractivity contribution in [1.82, 2.24) is 19.7 Å². The minimum atomic E-state index is -3.51. The number of amides is 1. The van der Waals surface area contributed by atoms with Gasteiger partial charge in [0.25, 0.3) is 5.91 Å². The fourth-order valence-corrected chi connectivity index (χ4v) is 3.08. The number of nitrogens with zero attached hydrogens (tertiary/aromatic N) is 3. The minimum absolute atomic E-state index is 0.0283. The van der Waals surface area contributed by atoms with Crippen LogP contribution < -0.4 is 5.32 Å². The number of nitrogens with one attached hydrogen (secondary N) is 1. The van der Waals surface area contributed by atoms with E-state index in [1.807, 2.05) is 0 Å². The zero-order valence-electron chi connectivity index (χ0n) is 24.4. The summed E-state index contributed by atoms with van der Waals surface area (Å²) in [5, 5.41) is 16.9. The number of benzene rings is 1. The maximum atomic E-state index is 12.6. The lowest BCUT2D eigenvalue weighted by Crippen LogP contribution is -2.34. The molecule has 0 aliphatic heterocycles. The summed E-state index contributed by atoms with van der Waals surface area (Å²) in [6, 6.07) is 1.61. The van der Waals surface area contributed by atoms with Gasteiger partial charge in [-0.15, -0.1) is 0 Å². The monoisotopic (exact) mass is 364 g/mol. The van der Waals surface area contributed by atoms with Gasteiger partial charge in [-0.25, -0.2) is 0 Å². The zero-order valence-corrected chi connectivity index (χ0v) is 14.4. The molecule has 0 bridgehead atoms. The lowest BCUT2D eigenvalue weighted by molar-refractivity contribution is 0.0922. The third-order valence-corrected chi connectivity index (χ3v) is 4.30. The smallest absolute Gasteiger partial charge is 0.251 e. The number of hydrogen-bond donors (Lipinski definition) is 2. The first-order chi connectivity index (χ1) is 16.3.